The molecule has 28 heavy (non-hydrogen) atoms. The van der Waals surface area contributed by atoms with Crippen LogP contribution in [0.1, 0.15) is 46.1 Å². The maximum atomic E-state index is 11.0. The van der Waals surface area contributed by atoms with Crippen LogP contribution in [-0.4, -0.2) is 49.0 Å². The lowest BCUT2D eigenvalue weighted by Gasteiger charge is -2.32. The number of nitrogens with one attached hydrogen (secondary N) is 1. The quantitative estimate of drug-likeness (QED) is 0.709. The van der Waals surface area contributed by atoms with Crippen LogP contribution in [0.4, 0.5) is 0 Å². The van der Waals surface area contributed by atoms with Crippen molar-refractivity contribution >= 4 is 5.97 Å². The number of hydrogen-bond acceptors (Lipinski definition) is 5. The van der Waals surface area contributed by atoms with E-state index in [1.807, 2.05) is 25.3 Å². The van der Waals surface area contributed by atoms with Gasteiger partial charge in [0.25, 0.3) is 0 Å². The molecule has 1 fully saturated rings. The summed E-state index contributed by atoms with van der Waals surface area (Å²) >= 11 is 0. The van der Waals surface area contributed by atoms with Crippen LogP contribution in [0.3, 0.4) is 0 Å². The molecule has 0 bridgehead atoms. The Morgan fingerprint density at radius 3 is 2.50 bits per heavy atom. The van der Waals surface area contributed by atoms with Gasteiger partial charge in [0.2, 0.25) is 0 Å². The van der Waals surface area contributed by atoms with E-state index in [1.165, 1.54) is 0 Å². The van der Waals surface area contributed by atoms with E-state index in [2.05, 4.69) is 24.8 Å². The van der Waals surface area contributed by atoms with Gasteiger partial charge in [-0.25, -0.2) is 14.8 Å². The number of aromatic nitrogens is 4. The molecule has 2 N–H and O–H groups in total. The number of piperidine rings is 1. The maximum Gasteiger partial charge on any atom is 0.335 e. The number of benzene rings is 1. The number of carboxylic acid groups (broad SMARTS) is 1. The first kappa shape index (κ1) is 18.3. The summed E-state index contributed by atoms with van der Waals surface area (Å²) < 4.78 is 0. The fourth-order valence-electron chi connectivity index (χ4n) is 3.74. The number of rotatable bonds is 5. The number of aromatic carboxylic acids is 1. The van der Waals surface area contributed by atoms with Crippen molar-refractivity contribution in [1.82, 2.24) is 24.8 Å². The van der Waals surface area contributed by atoms with Crippen molar-refractivity contribution < 1.29 is 9.90 Å². The van der Waals surface area contributed by atoms with Crippen LogP contribution in [0.25, 0.3) is 11.5 Å². The summed E-state index contributed by atoms with van der Waals surface area (Å²) in [6.07, 6.45) is 7.31. The van der Waals surface area contributed by atoms with Crippen LogP contribution < -0.4 is 0 Å². The minimum Gasteiger partial charge on any atom is -0.478 e. The lowest BCUT2D eigenvalue weighted by atomic mass is 9.91. The number of aryl methyl sites for hydroxylation is 1. The van der Waals surface area contributed by atoms with Gasteiger partial charge in [0.05, 0.1) is 11.3 Å². The average molecular weight is 377 g/mol. The smallest absolute Gasteiger partial charge is 0.335 e. The third-order valence-electron chi connectivity index (χ3n) is 5.24. The van der Waals surface area contributed by atoms with Gasteiger partial charge < -0.3 is 10.1 Å². The van der Waals surface area contributed by atoms with Crippen molar-refractivity contribution in [3.8, 4) is 11.5 Å². The summed E-state index contributed by atoms with van der Waals surface area (Å²) in [7, 11) is 0. The van der Waals surface area contributed by atoms with E-state index in [9.17, 15) is 4.79 Å². The zero-order valence-corrected chi connectivity index (χ0v) is 15.8. The fraction of sp³-hybridized carbons (Fsp3) is 0.333. The Balaban J connectivity index is 1.41. The molecule has 0 saturated carbocycles. The number of imidazole rings is 1. The molecule has 3 aromatic rings. The molecule has 0 aliphatic carbocycles. The standard InChI is InChI=1S/C21H23N5O2/c1-14-12-24-20(25-14)19-18(22-8-9-23-19)16-6-10-26(11-7-16)13-15-2-4-17(5-3-15)21(27)28/h2-5,8-9,12,16H,6-7,10-11,13H2,1H3,(H,24,25)(H,27,28). The van der Waals surface area contributed by atoms with E-state index in [0.29, 0.717) is 11.5 Å². The van der Waals surface area contributed by atoms with Crippen molar-refractivity contribution in [2.45, 2.75) is 32.2 Å². The Kier molecular flexibility index (Phi) is 5.16. The second kappa shape index (κ2) is 7.90. The molecule has 0 atom stereocenters. The molecule has 1 aliphatic heterocycles. The van der Waals surface area contributed by atoms with Crippen molar-refractivity contribution in [3.63, 3.8) is 0 Å². The molecule has 3 heterocycles. The summed E-state index contributed by atoms with van der Waals surface area (Å²) in [5.74, 6) is 0.250. The second-order valence-corrected chi connectivity index (χ2v) is 7.26. The second-order valence-electron chi connectivity index (χ2n) is 7.26. The molecule has 144 valence electrons. The Morgan fingerprint density at radius 1 is 1.14 bits per heavy atom. The van der Waals surface area contributed by atoms with Crippen LogP contribution in [0, 0.1) is 6.92 Å². The third-order valence-corrected chi connectivity index (χ3v) is 5.24. The first-order valence-electron chi connectivity index (χ1n) is 9.47. The molecule has 7 nitrogen and oxygen atoms in total. The number of aromatic amines is 1. The van der Waals surface area contributed by atoms with E-state index in [4.69, 9.17) is 5.11 Å². The van der Waals surface area contributed by atoms with E-state index < -0.39 is 5.97 Å². The van der Waals surface area contributed by atoms with Gasteiger partial charge in [0, 0.05) is 36.7 Å². The van der Waals surface area contributed by atoms with Crippen molar-refractivity contribution in [2.75, 3.05) is 13.1 Å². The van der Waals surface area contributed by atoms with E-state index in [0.717, 1.165) is 60.9 Å². The Bertz CT molecular complexity index is 959. The number of hydrogen-bond donors (Lipinski definition) is 2. The largest absolute Gasteiger partial charge is 0.478 e. The van der Waals surface area contributed by atoms with Crippen LogP contribution in [0.5, 0.6) is 0 Å². The van der Waals surface area contributed by atoms with Gasteiger partial charge in [0.1, 0.15) is 5.69 Å². The predicted molar refractivity (Wildman–Crippen MR) is 105 cm³/mol. The minimum absolute atomic E-state index is 0.325. The fourth-order valence-corrected chi connectivity index (χ4v) is 3.74. The molecular formula is C21H23N5O2. The highest BCUT2D eigenvalue weighted by molar-refractivity contribution is 5.87. The molecule has 2 aromatic heterocycles. The normalized spacial score (nSPS) is 15.6. The topological polar surface area (TPSA) is 95.0 Å². The molecule has 7 heteroatoms. The highest BCUT2D eigenvalue weighted by Crippen LogP contribution is 2.32. The molecule has 1 aromatic carbocycles. The third kappa shape index (κ3) is 3.94. The molecule has 0 unspecified atom stereocenters. The average Bonchev–Trinajstić information content (AvgIpc) is 3.15. The lowest BCUT2D eigenvalue weighted by molar-refractivity contribution is 0.0697. The molecule has 0 radical (unpaired) electrons. The highest BCUT2D eigenvalue weighted by atomic mass is 16.4. The zero-order valence-electron chi connectivity index (χ0n) is 15.8. The maximum absolute atomic E-state index is 11.0. The van der Waals surface area contributed by atoms with Gasteiger partial charge in [-0.2, -0.15) is 0 Å². The Labute approximate surface area is 163 Å². The van der Waals surface area contributed by atoms with Gasteiger partial charge in [-0.3, -0.25) is 9.88 Å². The van der Waals surface area contributed by atoms with E-state index in [-0.39, 0.29) is 0 Å². The van der Waals surface area contributed by atoms with Crippen molar-refractivity contribution in [2.24, 2.45) is 0 Å². The number of nitrogens with zero attached hydrogens (tertiary/aromatic N) is 4. The number of likely N-dealkylation sites (tertiary alicyclic amines) is 1. The van der Waals surface area contributed by atoms with Gasteiger partial charge in [0.15, 0.2) is 5.82 Å². The molecule has 0 spiro atoms. The van der Waals surface area contributed by atoms with Gasteiger partial charge in [-0.1, -0.05) is 12.1 Å². The first-order chi connectivity index (χ1) is 13.6. The molecule has 1 saturated heterocycles. The highest BCUT2D eigenvalue weighted by Gasteiger charge is 2.25. The number of carboxylic acids is 1. The van der Waals surface area contributed by atoms with Crippen molar-refractivity contribution in [1.29, 1.82) is 0 Å². The summed E-state index contributed by atoms with van der Waals surface area (Å²) in [5.41, 5.74) is 4.33. The van der Waals surface area contributed by atoms with E-state index >= 15 is 0 Å². The SMILES string of the molecule is Cc1cnc(-c2nccnc2C2CCN(Cc3ccc(C(=O)O)cc3)CC2)[nH]1. The number of H-pyrrole nitrogens is 1. The molecule has 1 aliphatic rings. The summed E-state index contributed by atoms with van der Waals surface area (Å²) in [6, 6.07) is 7.13. The van der Waals surface area contributed by atoms with E-state index in [1.54, 1.807) is 24.5 Å². The monoisotopic (exact) mass is 377 g/mol. The Morgan fingerprint density at radius 2 is 1.86 bits per heavy atom. The predicted octanol–water partition coefficient (Wildman–Crippen LogP) is 3.25. The first-order valence-corrected chi connectivity index (χ1v) is 9.47. The van der Waals surface area contributed by atoms with Crippen LogP contribution >= 0.6 is 0 Å². The lowest BCUT2D eigenvalue weighted by Crippen LogP contribution is -2.33. The molecule has 0 amide bonds. The molecule has 4 rings (SSSR count). The summed E-state index contributed by atoms with van der Waals surface area (Å²) in [5, 5.41) is 9.01. The zero-order chi connectivity index (χ0) is 19.5. The van der Waals surface area contributed by atoms with Crippen molar-refractivity contribution in [3.05, 3.63) is 65.4 Å². The van der Waals surface area contributed by atoms with Crippen LogP contribution in [-0.2, 0) is 6.54 Å². The Hall–Kier alpha value is -3.06. The molecular weight excluding hydrogens is 354 g/mol. The van der Waals surface area contributed by atoms with Crippen LogP contribution in [0.15, 0.2) is 42.9 Å². The summed E-state index contributed by atoms with van der Waals surface area (Å²) in [4.78, 5) is 30.2. The van der Waals surface area contributed by atoms with Gasteiger partial charge in [-0.15, -0.1) is 0 Å². The van der Waals surface area contributed by atoms with Gasteiger partial charge in [-0.05, 0) is 50.6 Å². The van der Waals surface area contributed by atoms with Crippen LogP contribution in [0.2, 0.25) is 0 Å². The minimum atomic E-state index is -0.890. The van der Waals surface area contributed by atoms with Gasteiger partial charge >= 0.3 is 5.97 Å². The summed E-state index contributed by atoms with van der Waals surface area (Å²) in [6.45, 7) is 4.75. The number of carbonyl (C=O) groups is 1.